The third-order valence-electron chi connectivity index (χ3n) is 3.54. The van der Waals surface area contributed by atoms with E-state index in [1.165, 1.54) is 0 Å². The number of nitrogens with zero attached hydrogens (tertiary/aromatic N) is 4. The molecule has 0 bridgehead atoms. The number of hydrogen-bond donors (Lipinski definition) is 1. The maximum absolute atomic E-state index is 9.98. The number of anilines is 1. The highest BCUT2D eigenvalue weighted by Crippen LogP contribution is 2.32. The van der Waals surface area contributed by atoms with Gasteiger partial charge in [0.1, 0.15) is 0 Å². The second kappa shape index (κ2) is 4.73. The minimum Gasteiger partial charge on any atom is -0.388 e. The molecule has 1 aliphatic heterocycles. The number of hydrogen-bond acceptors (Lipinski definition) is 6. The van der Waals surface area contributed by atoms with E-state index in [4.69, 9.17) is 4.74 Å². The van der Waals surface area contributed by atoms with Crippen LogP contribution in [0.15, 0.2) is 0 Å². The van der Waals surface area contributed by atoms with Crippen LogP contribution in [0.5, 0.6) is 0 Å². The Hall–Kier alpha value is -1.18. The molecule has 0 saturated carbocycles. The maximum atomic E-state index is 9.98. The smallest absolute Gasteiger partial charge is 0.188 e. The fraction of sp³-hybridized carbons (Fsp3) is 0.667. The molecule has 1 N–H and O–H groups in total. The first-order valence-electron chi connectivity index (χ1n) is 6.44. The van der Waals surface area contributed by atoms with Crippen molar-refractivity contribution in [1.82, 2.24) is 14.8 Å². The lowest BCUT2D eigenvalue weighted by Gasteiger charge is -2.28. The lowest BCUT2D eigenvalue weighted by molar-refractivity contribution is 0.124. The van der Waals surface area contributed by atoms with E-state index >= 15 is 0 Å². The van der Waals surface area contributed by atoms with Gasteiger partial charge in [-0.25, -0.2) is 9.67 Å². The summed E-state index contributed by atoms with van der Waals surface area (Å²) in [4.78, 5) is 6.79. The first kappa shape index (κ1) is 12.8. The zero-order valence-corrected chi connectivity index (χ0v) is 12.1. The molecule has 1 aliphatic rings. The van der Waals surface area contributed by atoms with Gasteiger partial charge in [0.15, 0.2) is 10.8 Å². The molecular formula is C12H18N4O2S. The lowest BCUT2D eigenvalue weighted by Crippen LogP contribution is -2.43. The average Bonchev–Trinajstić information content (AvgIpc) is 3.03. The molecule has 0 aliphatic carbocycles. The van der Waals surface area contributed by atoms with Gasteiger partial charge in [-0.05, 0) is 13.8 Å². The van der Waals surface area contributed by atoms with Crippen LogP contribution < -0.4 is 4.90 Å². The van der Waals surface area contributed by atoms with Crippen molar-refractivity contribution in [3.63, 3.8) is 0 Å². The van der Waals surface area contributed by atoms with E-state index in [2.05, 4.69) is 21.9 Å². The summed E-state index contributed by atoms with van der Waals surface area (Å²) in [5.41, 5.74) is 1.91. The van der Waals surface area contributed by atoms with Crippen molar-refractivity contribution in [1.29, 1.82) is 0 Å². The summed E-state index contributed by atoms with van der Waals surface area (Å²) in [5, 5.41) is 15.3. The number of rotatable bonds is 3. The number of aliphatic hydroxyl groups is 1. The van der Waals surface area contributed by atoms with Crippen molar-refractivity contribution in [3.05, 3.63) is 5.69 Å². The van der Waals surface area contributed by atoms with Gasteiger partial charge in [0.05, 0.1) is 35.8 Å². The third-order valence-corrected chi connectivity index (χ3v) is 4.73. The van der Waals surface area contributed by atoms with Crippen molar-refractivity contribution in [3.8, 4) is 0 Å². The normalized spacial score (nSPS) is 23.4. The summed E-state index contributed by atoms with van der Waals surface area (Å²) in [6, 6.07) is -0.00109. The van der Waals surface area contributed by atoms with Crippen LogP contribution in [-0.2, 0) is 11.8 Å². The van der Waals surface area contributed by atoms with Crippen molar-refractivity contribution in [2.75, 3.05) is 24.7 Å². The summed E-state index contributed by atoms with van der Waals surface area (Å²) < 4.78 is 8.27. The Morgan fingerprint density at radius 1 is 1.53 bits per heavy atom. The molecule has 2 atom stereocenters. The van der Waals surface area contributed by atoms with Crippen LogP contribution >= 0.6 is 11.3 Å². The predicted octanol–water partition coefficient (Wildman–Crippen LogP) is 0.924. The topological polar surface area (TPSA) is 63.4 Å². The van der Waals surface area contributed by atoms with E-state index in [-0.39, 0.29) is 6.04 Å². The van der Waals surface area contributed by atoms with Gasteiger partial charge < -0.3 is 14.7 Å². The van der Waals surface area contributed by atoms with E-state index in [0.717, 1.165) is 27.7 Å². The molecule has 7 heteroatoms. The van der Waals surface area contributed by atoms with Crippen LogP contribution in [0.3, 0.4) is 0 Å². The third kappa shape index (κ3) is 2.01. The van der Waals surface area contributed by atoms with Crippen molar-refractivity contribution in [2.24, 2.45) is 7.05 Å². The highest BCUT2D eigenvalue weighted by atomic mass is 32.1. The van der Waals surface area contributed by atoms with Crippen molar-refractivity contribution >= 4 is 26.8 Å². The van der Waals surface area contributed by atoms with Gasteiger partial charge in [0.2, 0.25) is 0 Å². The summed E-state index contributed by atoms with van der Waals surface area (Å²) in [7, 11) is 1.91. The number of fused-ring (bicyclic) bond motifs is 1. The quantitative estimate of drug-likeness (QED) is 0.907. The van der Waals surface area contributed by atoms with Gasteiger partial charge >= 0.3 is 0 Å². The van der Waals surface area contributed by atoms with Crippen LogP contribution in [0.4, 0.5) is 5.13 Å². The van der Waals surface area contributed by atoms with Crippen molar-refractivity contribution in [2.45, 2.75) is 26.0 Å². The molecule has 104 valence electrons. The van der Waals surface area contributed by atoms with Gasteiger partial charge in [0, 0.05) is 13.6 Å². The Kier molecular flexibility index (Phi) is 3.20. The van der Waals surface area contributed by atoms with Gasteiger partial charge in [-0.2, -0.15) is 5.10 Å². The minimum atomic E-state index is -0.439. The zero-order valence-electron chi connectivity index (χ0n) is 11.3. The Bertz CT molecular complexity index is 559. The molecule has 0 spiro atoms. The summed E-state index contributed by atoms with van der Waals surface area (Å²) in [5.74, 6) is 0. The molecule has 19 heavy (non-hydrogen) atoms. The maximum Gasteiger partial charge on any atom is 0.188 e. The molecule has 1 fully saturated rings. The highest BCUT2D eigenvalue weighted by Gasteiger charge is 2.33. The fourth-order valence-electron chi connectivity index (χ4n) is 2.54. The Morgan fingerprint density at radius 3 is 2.89 bits per heavy atom. The molecule has 2 aromatic heterocycles. The number of ether oxygens (including phenoxy) is 1. The van der Waals surface area contributed by atoms with Gasteiger partial charge in [-0.15, -0.1) is 0 Å². The summed E-state index contributed by atoms with van der Waals surface area (Å²) >= 11 is 1.63. The van der Waals surface area contributed by atoms with Crippen LogP contribution in [0.25, 0.3) is 10.3 Å². The van der Waals surface area contributed by atoms with Gasteiger partial charge in [0.25, 0.3) is 0 Å². The summed E-state index contributed by atoms with van der Waals surface area (Å²) in [6.07, 6.45) is -0.439. The van der Waals surface area contributed by atoms with Gasteiger partial charge in [-0.3, -0.25) is 0 Å². The Morgan fingerprint density at radius 2 is 2.32 bits per heavy atom. The Balaban J connectivity index is 1.99. The highest BCUT2D eigenvalue weighted by molar-refractivity contribution is 7.22. The second-order valence-electron chi connectivity index (χ2n) is 4.82. The zero-order chi connectivity index (χ0) is 13.6. The molecule has 0 aromatic carbocycles. The number of likely N-dealkylation sites (N-methyl/N-ethyl adjacent to an activating group) is 1. The first-order valence-corrected chi connectivity index (χ1v) is 7.26. The number of aryl methyl sites for hydroxylation is 2. The monoisotopic (exact) mass is 282 g/mol. The minimum absolute atomic E-state index is 0.00109. The number of thiazole rings is 1. The molecule has 6 nitrogen and oxygen atoms in total. The molecular weight excluding hydrogens is 264 g/mol. The van der Waals surface area contributed by atoms with Crippen LogP contribution in [0.2, 0.25) is 0 Å². The molecule has 0 unspecified atom stereocenters. The SMILES string of the molecule is CCN(c1nc2c(s1)c(C)nn2C)[C@H]1COC[C@@H]1O. The average molecular weight is 282 g/mol. The van der Waals surface area contributed by atoms with E-state index in [1.54, 1.807) is 16.0 Å². The molecule has 0 radical (unpaired) electrons. The molecule has 3 heterocycles. The molecule has 0 amide bonds. The predicted molar refractivity (Wildman–Crippen MR) is 74.8 cm³/mol. The van der Waals surface area contributed by atoms with E-state index in [1.807, 2.05) is 14.0 Å². The van der Waals surface area contributed by atoms with Gasteiger partial charge in [-0.1, -0.05) is 11.3 Å². The van der Waals surface area contributed by atoms with E-state index in [9.17, 15) is 5.11 Å². The molecule has 2 aromatic rings. The first-order chi connectivity index (χ1) is 9.11. The van der Waals surface area contributed by atoms with Crippen LogP contribution in [0, 0.1) is 6.92 Å². The van der Waals surface area contributed by atoms with Crippen LogP contribution in [0.1, 0.15) is 12.6 Å². The summed E-state index contributed by atoms with van der Waals surface area (Å²) in [6.45, 7) is 5.84. The van der Waals surface area contributed by atoms with Crippen LogP contribution in [-0.4, -0.2) is 51.8 Å². The molecule has 1 saturated heterocycles. The van der Waals surface area contributed by atoms with E-state index < -0.39 is 6.10 Å². The lowest BCUT2D eigenvalue weighted by atomic mass is 10.2. The number of aromatic nitrogens is 3. The largest absolute Gasteiger partial charge is 0.388 e. The fourth-order valence-corrected chi connectivity index (χ4v) is 3.69. The van der Waals surface area contributed by atoms with E-state index in [0.29, 0.717) is 13.2 Å². The number of aliphatic hydroxyl groups excluding tert-OH is 1. The standard InChI is InChI=1S/C12H18N4O2S/c1-4-16(8-5-18-6-9(8)17)12-13-11-10(19-12)7(2)14-15(11)3/h8-9,17H,4-6H2,1-3H3/t8-,9-/m0/s1. The Labute approximate surface area is 115 Å². The van der Waals surface area contributed by atoms with Crippen molar-refractivity contribution < 1.29 is 9.84 Å². The molecule has 3 rings (SSSR count). The second-order valence-corrected chi connectivity index (χ2v) is 5.79.